The van der Waals surface area contributed by atoms with Gasteiger partial charge in [0.05, 0.1) is 11.3 Å². The summed E-state index contributed by atoms with van der Waals surface area (Å²) < 4.78 is 16.3. The molecule has 0 spiro atoms. The third-order valence-electron chi connectivity index (χ3n) is 4.39. The second-order valence-electron chi connectivity index (χ2n) is 6.30. The molecule has 0 aliphatic carbocycles. The van der Waals surface area contributed by atoms with Gasteiger partial charge >= 0.3 is 0 Å². The highest BCUT2D eigenvalue weighted by atomic mass is 35.5. The van der Waals surface area contributed by atoms with Gasteiger partial charge in [0.1, 0.15) is 11.6 Å². The summed E-state index contributed by atoms with van der Waals surface area (Å²) in [5, 5.41) is 0.956. The first kappa shape index (κ1) is 19.2. The van der Waals surface area contributed by atoms with Crippen LogP contribution in [0.1, 0.15) is 10.5 Å². The van der Waals surface area contributed by atoms with Crippen molar-refractivity contribution in [2.75, 3.05) is 0 Å². The number of halogens is 3. The van der Waals surface area contributed by atoms with Crippen molar-refractivity contribution in [3.63, 3.8) is 0 Å². The summed E-state index contributed by atoms with van der Waals surface area (Å²) in [6.45, 7) is 0. The Labute approximate surface area is 176 Å². The van der Waals surface area contributed by atoms with E-state index in [1.54, 1.807) is 71.3 Å². The monoisotopic (exact) mass is 425 g/mol. The van der Waals surface area contributed by atoms with Crippen LogP contribution in [0.2, 0.25) is 10.0 Å². The van der Waals surface area contributed by atoms with Gasteiger partial charge < -0.3 is 5.73 Å². The number of hydrogen-bond donors (Lipinski definition) is 1. The Morgan fingerprint density at radius 1 is 0.931 bits per heavy atom. The Kier molecular flexibility index (Phi) is 5.09. The standard InChI is InChI=1S/C22H14Cl2FN3O/c23-14-6-3-5-13(11-14)20-19(21(26)29)27-22(17-9-1-2-10-18(17)25)28(20)16-8-4-7-15(24)12-16/h1-12H,(H2,26,29). The Morgan fingerprint density at radius 2 is 1.62 bits per heavy atom. The SMILES string of the molecule is NC(=O)c1nc(-c2ccccc2F)n(-c2cccc(Cl)c2)c1-c1cccc(Cl)c1. The summed E-state index contributed by atoms with van der Waals surface area (Å²) in [6.07, 6.45) is 0. The molecule has 1 heterocycles. The predicted molar refractivity (Wildman–Crippen MR) is 113 cm³/mol. The minimum absolute atomic E-state index is 0.00509. The molecule has 0 atom stereocenters. The van der Waals surface area contributed by atoms with Gasteiger partial charge in [-0.25, -0.2) is 9.37 Å². The summed E-state index contributed by atoms with van der Waals surface area (Å²) >= 11 is 12.4. The maximum absolute atomic E-state index is 14.6. The first-order chi connectivity index (χ1) is 14.0. The second-order valence-corrected chi connectivity index (χ2v) is 7.18. The van der Waals surface area contributed by atoms with Crippen LogP contribution >= 0.6 is 23.2 Å². The fraction of sp³-hybridized carbons (Fsp3) is 0. The Hall–Kier alpha value is -3.15. The van der Waals surface area contributed by atoms with E-state index in [0.717, 1.165) is 0 Å². The number of primary amides is 1. The van der Waals surface area contributed by atoms with Crippen LogP contribution in [0.15, 0.2) is 72.8 Å². The van der Waals surface area contributed by atoms with Crippen molar-refractivity contribution in [3.05, 3.63) is 94.4 Å². The molecular formula is C22H14Cl2FN3O. The quantitative estimate of drug-likeness (QED) is 0.452. The highest BCUT2D eigenvalue weighted by molar-refractivity contribution is 6.31. The summed E-state index contributed by atoms with van der Waals surface area (Å²) in [5.74, 6) is -0.984. The van der Waals surface area contributed by atoms with Crippen molar-refractivity contribution in [3.8, 4) is 28.3 Å². The fourth-order valence-electron chi connectivity index (χ4n) is 3.18. The molecule has 1 amide bonds. The molecule has 4 nitrogen and oxygen atoms in total. The first-order valence-corrected chi connectivity index (χ1v) is 9.40. The largest absolute Gasteiger partial charge is 0.364 e. The van der Waals surface area contributed by atoms with Crippen molar-refractivity contribution in [2.24, 2.45) is 5.73 Å². The number of carbonyl (C=O) groups is 1. The zero-order valence-corrected chi connectivity index (χ0v) is 16.5. The molecule has 0 aliphatic heterocycles. The summed E-state index contributed by atoms with van der Waals surface area (Å²) in [4.78, 5) is 16.7. The van der Waals surface area contributed by atoms with E-state index < -0.39 is 11.7 Å². The van der Waals surface area contributed by atoms with Gasteiger partial charge in [-0.2, -0.15) is 0 Å². The predicted octanol–water partition coefficient (Wildman–Crippen LogP) is 5.75. The lowest BCUT2D eigenvalue weighted by atomic mass is 10.1. The normalized spacial score (nSPS) is 10.9. The van der Waals surface area contributed by atoms with E-state index in [1.807, 2.05) is 0 Å². The number of rotatable bonds is 4. The zero-order chi connectivity index (χ0) is 20.5. The van der Waals surface area contributed by atoms with Crippen LogP contribution in [0.3, 0.4) is 0 Å². The number of aromatic nitrogens is 2. The highest BCUT2D eigenvalue weighted by Gasteiger charge is 2.25. The smallest absolute Gasteiger partial charge is 0.269 e. The number of imidazole rings is 1. The molecule has 0 bridgehead atoms. The molecule has 29 heavy (non-hydrogen) atoms. The van der Waals surface area contributed by atoms with Crippen LogP contribution < -0.4 is 5.73 Å². The first-order valence-electron chi connectivity index (χ1n) is 8.65. The summed E-state index contributed by atoms with van der Waals surface area (Å²) in [6, 6.07) is 20.1. The number of carbonyl (C=O) groups excluding carboxylic acids is 1. The molecule has 0 saturated heterocycles. The van der Waals surface area contributed by atoms with E-state index >= 15 is 0 Å². The number of benzene rings is 3. The van der Waals surface area contributed by atoms with Crippen molar-refractivity contribution >= 4 is 29.1 Å². The third kappa shape index (κ3) is 3.62. The van der Waals surface area contributed by atoms with Gasteiger partial charge in [0.15, 0.2) is 5.69 Å². The van der Waals surface area contributed by atoms with E-state index in [9.17, 15) is 9.18 Å². The van der Waals surface area contributed by atoms with E-state index in [1.165, 1.54) is 6.07 Å². The van der Waals surface area contributed by atoms with Gasteiger partial charge in [0.2, 0.25) is 0 Å². The molecule has 4 rings (SSSR count). The molecular weight excluding hydrogens is 412 g/mol. The van der Waals surface area contributed by atoms with Crippen LogP contribution in [0.5, 0.6) is 0 Å². The minimum Gasteiger partial charge on any atom is -0.364 e. The van der Waals surface area contributed by atoms with Crippen LogP contribution in [0, 0.1) is 5.82 Å². The molecule has 2 N–H and O–H groups in total. The molecule has 0 aliphatic rings. The van der Waals surface area contributed by atoms with Crippen LogP contribution in [0.4, 0.5) is 4.39 Å². The van der Waals surface area contributed by atoms with Crippen LogP contribution in [-0.2, 0) is 0 Å². The van der Waals surface area contributed by atoms with Gasteiger partial charge in [-0.15, -0.1) is 0 Å². The van der Waals surface area contributed by atoms with Crippen molar-refractivity contribution < 1.29 is 9.18 Å². The maximum Gasteiger partial charge on any atom is 0.269 e. The van der Waals surface area contributed by atoms with Gasteiger partial charge in [-0.3, -0.25) is 9.36 Å². The van der Waals surface area contributed by atoms with Crippen LogP contribution in [-0.4, -0.2) is 15.5 Å². The number of hydrogen-bond acceptors (Lipinski definition) is 2. The van der Waals surface area contributed by atoms with Crippen molar-refractivity contribution in [1.82, 2.24) is 9.55 Å². The molecule has 1 aromatic heterocycles. The molecule has 3 aromatic carbocycles. The van der Waals surface area contributed by atoms with E-state index in [0.29, 0.717) is 27.0 Å². The highest BCUT2D eigenvalue weighted by Crippen LogP contribution is 2.35. The van der Waals surface area contributed by atoms with Gasteiger partial charge in [0.25, 0.3) is 5.91 Å². The van der Waals surface area contributed by atoms with E-state index in [-0.39, 0.29) is 17.1 Å². The molecule has 4 aromatic rings. The average molecular weight is 426 g/mol. The minimum atomic E-state index is -0.738. The second kappa shape index (κ2) is 7.70. The molecule has 0 saturated carbocycles. The lowest BCUT2D eigenvalue weighted by molar-refractivity contribution is 0.0996. The summed E-state index contributed by atoms with van der Waals surface area (Å²) in [7, 11) is 0. The van der Waals surface area contributed by atoms with Crippen molar-refractivity contribution in [1.29, 1.82) is 0 Å². The zero-order valence-electron chi connectivity index (χ0n) is 14.9. The molecule has 7 heteroatoms. The van der Waals surface area contributed by atoms with Crippen LogP contribution in [0.25, 0.3) is 28.3 Å². The molecule has 144 valence electrons. The maximum atomic E-state index is 14.6. The van der Waals surface area contributed by atoms with E-state index in [4.69, 9.17) is 28.9 Å². The van der Waals surface area contributed by atoms with E-state index in [2.05, 4.69) is 4.98 Å². The molecule has 0 unspecified atom stereocenters. The Bertz CT molecular complexity index is 1240. The number of amides is 1. The average Bonchev–Trinajstić information content (AvgIpc) is 3.09. The third-order valence-corrected chi connectivity index (χ3v) is 4.86. The lowest BCUT2D eigenvalue weighted by Gasteiger charge is -2.14. The summed E-state index contributed by atoms with van der Waals surface area (Å²) in [5.41, 5.74) is 7.48. The topological polar surface area (TPSA) is 60.9 Å². The molecule has 0 radical (unpaired) electrons. The Balaban J connectivity index is 2.14. The molecule has 0 fully saturated rings. The van der Waals surface area contributed by atoms with Gasteiger partial charge in [-0.05, 0) is 42.5 Å². The number of nitrogens with two attached hydrogens (primary N) is 1. The van der Waals surface area contributed by atoms with Gasteiger partial charge in [-0.1, -0.05) is 53.5 Å². The fourth-order valence-corrected chi connectivity index (χ4v) is 3.56. The van der Waals surface area contributed by atoms with Crippen molar-refractivity contribution in [2.45, 2.75) is 0 Å². The Morgan fingerprint density at radius 3 is 2.28 bits per heavy atom. The lowest BCUT2D eigenvalue weighted by Crippen LogP contribution is -2.13. The van der Waals surface area contributed by atoms with Gasteiger partial charge in [0, 0.05) is 21.3 Å². The number of nitrogens with zero attached hydrogens (tertiary/aromatic N) is 2.